The van der Waals surface area contributed by atoms with Crippen LogP contribution in [0.25, 0.3) is 0 Å². The molecule has 0 saturated carbocycles. The first-order valence-corrected chi connectivity index (χ1v) is 7.38. The highest BCUT2D eigenvalue weighted by molar-refractivity contribution is 14.0. The molecule has 6 nitrogen and oxygen atoms in total. The van der Waals surface area contributed by atoms with Crippen LogP contribution in [0, 0.1) is 13.8 Å². The van der Waals surface area contributed by atoms with Gasteiger partial charge in [-0.25, -0.2) is 0 Å². The molecule has 1 unspecified atom stereocenters. The maximum Gasteiger partial charge on any atom is 0.246 e. The molecule has 2 N–H and O–H groups in total. The first-order valence-electron chi connectivity index (χ1n) is 7.38. The van der Waals surface area contributed by atoms with Crippen LogP contribution in [0.5, 0.6) is 0 Å². The molecule has 1 aromatic carbocycles. The second kappa shape index (κ2) is 9.49. The van der Waals surface area contributed by atoms with E-state index in [1.54, 1.807) is 14.0 Å². The second-order valence-corrected chi connectivity index (χ2v) is 5.35. The van der Waals surface area contributed by atoms with E-state index < -0.39 is 0 Å². The number of hydrogen-bond acceptors (Lipinski definition) is 4. The van der Waals surface area contributed by atoms with Crippen molar-refractivity contribution in [2.75, 3.05) is 13.6 Å². The van der Waals surface area contributed by atoms with Gasteiger partial charge in [0.05, 0.1) is 6.54 Å². The lowest BCUT2D eigenvalue weighted by molar-refractivity contribution is 0.371. The Balaban J connectivity index is 0.00000264. The third kappa shape index (κ3) is 6.17. The molecule has 0 radical (unpaired) electrons. The van der Waals surface area contributed by atoms with Crippen molar-refractivity contribution < 1.29 is 4.52 Å². The van der Waals surface area contributed by atoms with E-state index in [2.05, 4.69) is 63.9 Å². The number of nitrogens with one attached hydrogen (secondary N) is 2. The summed E-state index contributed by atoms with van der Waals surface area (Å²) in [5.74, 6) is 2.29. The van der Waals surface area contributed by atoms with Crippen LogP contribution in [0.1, 0.15) is 35.7 Å². The minimum absolute atomic E-state index is 0. The van der Waals surface area contributed by atoms with E-state index >= 15 is 0 Å². The van der Waals surface area contributed by atoms with E-state index in [1.165, 1.54) is 11.1 Å². The lowest BCUT2D eigenvalue weighted by Crippen LogP contribution is -2.38. The van der Waals surface area contributed by atoms with Crippen LogP contribution in [0.2, 0.25) is 0 Å². The van der Waals surface area contributed by atoms with Crippen molar-refractivity contribution in [3.05, 3.63) is 47.1 Å². The van der Waals surface area contributed by atoms with Gasteiger partial charge in [0.25, 0.3) is 0 Å². The second-order valence-electron chi connectivity index (χ2n) is 5.35. The molecule has 0 aliphatic carbocycles. The number of guanidine groups is 1. The molecule has 0 saturated heterocycles. The molecule has 7 heteroatoms. The van der Waals surface area contributed by atoms with Crippen molar-refractivity contribution in [3.8, 4) is 0 Å². The Morgan fingerprint density at radius 2 is 1.91 bits per heavy atom. The predicted molar refractivity (Wildman–Crippen MR) is 102 cm³/mol. The molecule has 0 aliphatic heterocycles. The summed E-state index contributed by atoms with van der Waals surface area (Å²) < 4.78 is 5.06. The number of hydrogen-bond donors (Lipinski definition) is 2. The fourth-order valence-electron chi connectivity index (χ4n) is 2.05. The summed E-state index contributed by atoms with van der Waals surface area (Å²) in [4.78, 5) is 8.34. The topological polar surface area (TPSA) is 75.3 Å². The predicted octanol–water partition coefficient (Wildman–Crippen LogP) is 2.77. The van der Waals surface area contributed by atoms with E-state index in [1.807, 2.05) is 0 Å². The van der Waals surface area contributed by atoms with Gasteiger partial charge >= 0.3 is 0 Å². The molecule has 0 aliphatic rings. The normalized spacial score (nSPS) is 12.4. The largest absolute Gasteiger partial charge is 0.356 e. The standard InChI is InChI=1S/C16H23N5O.HI/c1-11-5-7-14(8-6-11)12(2)9-18-16(17-4)19-10-15-20-13(3)21-22-15;/h5-8,12H,9-10H2,1-4H3,(H2,17,18,19);1H. The highest BCUT2D eigenvalue weighted by atomic mass is 127. The van der Waals surface area contributed by atoms with E-state index in [-0.39, 0.29) is 24.0 Å². The molecule has 2 rings (SSSR count). The van der Waals surface area contributed by atoms with Crippen LogP contribution in [0.4, 0.5) is 0 Å². The maximum atomic E-state index is 5.06. The zero-order valence-corrected chi connectivity index (χ0v) is 16.3. The van der Waals surface area contributed by atoms with Crippen LogP contribution in [-0.4, -0.2) is 29.7 Å². The zero-order valence-electron chi connectivity index (χ0n) is 14.0. The molecule has 0 bridgehead atoms. The Morgan fingerprint density at radius 3 is 2.48 bits per heavy atom. The number of rotatable bonds is 5. The molecule has 2 aromatic rings. The van der Waals surface area contributed by atoms with Crippen molar-refractivity contribution >= 4 is 29.9 Å². The van der Waals surface area contributed by atoms with Crippen molar-refractivity contribution in [2.45, 2.75) is 33.2 Å². The smallest absolute Gasteiger partial charge is 0.246 e. The Kier molecular flexibility index (Phi) is 8.01. The number of aryl methyl sites for hydroxylation is 2. The summed E-state index contributed by atoms with van der Waals surface area (Å²) in [6, 6.07) is 8.60. The minimum Gasteiger partial charge on any atom is -0.356 e. The average Bonchev–Trinajstić information content (AvgIpc) is 2.93. The Labute approximate surface area is 154 Å². The van der Waals surface area contributed by atoms with Crippen LogP contribution >= 0.6 is 24.0 Å². The SMILES string of the molecule is CN=C(NCc1nc(C)no1)NCC(C)c1ccc(C)cc1.I. The van der Waals surface area contributed by atoms with E-state index in [0.717, 1.165) is 12.5 Å². The summed E-state index contributed by atoms with van der Waals surface area (Å²) in [5, 5.41) is 10.2. The first-order chi connectivity index (χ1) is 10.6. The zero-order chi connectivity index (χ0) is 15.9. The summed E-state index contributed by atoms with van der Waals surface area (Å²) in [5.41, 5.74) is 2.58. The van der Waals surface area contributed by atoms with Crippen LogP contribution in [0.15, 0.2) is 33.8 Å². The lowest BCUT2D eigenvalue weighted by Gasteiger charge is -2.16. The molecule has 23 heavy (non-hydrogen) atoms. The first kappa shape index (κ1) is 19.4. The monoisotopic (exact) mass is 429 g/mol. The number of benzene rings is 1. The summed E-state index contributed by atoms with van der Waals surface area (Å²) in [6.07, 6.45) is 0. The molecule has 1 aromatic heterocycles. The Morgan fingerprint density at radius 1 is 1.22 bits per heavy atom. The number of aromatic nitrogens is 2. The van der Waals surface area contributed by atoms with Gasteiger partial charge in [-0.1, -0.05) is 41.9 Å². The van der Waals surface area contributed by atoms with E-state index in [9.17, 15) is 0 Å². The van der Waals surface area contributed by atoms with Gasteiger partial charge in [-0.15, -0.1) is 24.0 Å². The van der Waals surface area contributed by atoms with Gasteiger partial charge < -0.3 is 15.2 Å². The average molecular weight is 429 g/mol. The number of aliphatic imine (C=N–C) groups is 1. The molecular formula is C16H24IN5O. The molecule has 126 valence electrons. The van der Waals surface area contributed by atoms with Crippen LogP contribution in [0.3, 0.4) is 0 Å². The summed E-state index contributed by atoms with van der Waals surface area (Å²) in [7, 11) is 1.74. The quantitative estimate of drug-likeness (QED) is 0.435. The summed E-state index contributed by atoms with van der Waals surface area (Å²) in [6.45, 7) is 7.33. The van der Waals surface area contributed by atoms with Crippen molar-refractivity contribution in [1.29, 1.82) is 0 Å². The number of halogens is 1. The molecule has 0 fully saturated rings. The van der Waals surface area contributed by atoms with E-state index in [0.29, 0.717) is 24.2 Å². The third-order valence-corrected chi connectivity index (χ3v) is 3.42. The highest BCUT2D eigenvalue weighted by Crippen LogP contribution is 2.14. The van der Waals surface area contributed by atoms with Crippen molar-refractivity contribution in [2.24, 2.45) is 4.99 Å². The lowest BCUT2D eigenvalue weighted by atomic mass is 10.0. The van der Waals surface area contributed by atoms with Gasteiger partial charge in [0, 0.05) is 13.6 Å². The van der Waals surface area contributed by atoms with Crippen LogP contribution < -0.4 is 10.6 Å². The summed E-state index contributed by atoms with van der Waals surface area (Å²) >= 11 is 0. The van der Waals surface area contributed by atoms with Gasteiger partial charge in [0.15, 0.2) is 11.8 Å². The molecule has 0 amide bonds. The van der Waals surface area contributed by atoms with Crippen molar-refractivity contribution in [1.82, 2.24) is 20.8 Å². The highest BCUT2D eigenvalue weighted by Gasteiger charge is 2.08. The maximum absolute atomic E-state index is 5.06. The fraction of sp³-hybridized carbons (Fsp3) is 0.438. The fourth-order valence-corrected chi connectivity index (χ4v) is 2.05. The molecule has 1 atom stereocenters. The van der Waals surface area contributed by atoms with Gasteiger partial charge in [-0.05, 0) is 25.3 Å². The van der Waals surface area contributed by atoms with Crippen LogP contribution in [-0.2, 0) is 6.54 Å². The minimum atomic E-state index is 0. The Hall–Kier alpha value is -1.64. The van der Waals surface area contributed by atoms with Gasteiger partial charge in [0.2, 0.25) is 5.89 Å². The van der Waals surface area contributed by atoms with Gasteiger partial charge in [0.1, 0.15) is 0 Å². The third-order valence-electron chi connectivity index (χ3n) is 3.42. The molecule has 0 spiro atoms. The molecule has 1 heterocycles. The molecular weight excluding hydrogens is 405 g/mol. The van der Waals surface area contributed by atoms with Gasteiger partial charge in [-0.2, -0.15) is 4.98 Å². The van der Waals surface area contributed by atoms with Gasteiger partial charge in [-0.3, -0.25) is 4.99 Å². The Bertz CT molecular complexity index is 624. The van der Waals surface area contributed by atoms with E-state index in [4.69, 9.17) is 4.52 Å². The number of nitrogens with zero attached hydrogens (tertiary/aromatic N) is 3. The van der Waals surface area contributed by atoms with Crippen molar-refractivity contribution in [3.63, 3.8) is 0 Å².